The molecule has 139 valence electrons. The lowest BCUT2D eigenvalue weighted by Gasteiger charge is -2.04. The summed E-state index contributed by atoms with van der Waals surface area (Å²) in [7, 11) is -2.85. The molecule has 0 aromatic heterocycles. The van der Waals surface area contributed by atoms with Crippen LogP contribution in [0.25, 0.3) is 0 Å². The van der Waals surface area contributed by atoms with Gasteiger partial charge in [0.2, 0.25) is 0 Å². The van der Waals surface area contributed by atoms with E-state index >= 15 is 0 Å². The number of sulfone groups is 1. The van der Waals surface area contributed by atoms with Crippen molar-refractivity contribution in [2.75, 3.05) is 11.5 Å². The maximum atomic E-state index is 11.3. The lowest BCUT2D eigenvalue weighted by Crippen LogP contribution is -2.08. The maximum Gasteiger partial charge on any atom is 0.150 e. The van der Waals surface area contributed by atoms with Gasteiger partial charge >= 0.3 is 0 Å². The molecule has 0 aliphatic heterocycles. The van der Waals surface area contributed by atoms with E-state index in [-0.39, 0.29) is 5.75 Å². The fourth-order valence-electron chi connectivity index (χ4n) is 2.97. The van der Waals surface area contributed by atoms with Gasteiger partial charge in [0.15, 0.2) is 0 Å². The van der Waals surface area contributed by atoms with Crippen LogP contribution in [0.2, 0.25) is 0 Å². The van der Waals surface area contributed by atoms with Crippen LogP contribution in [-0.4, -0.2) is 19.9 Å². The van der Waals surface area contributed by atoms with Gasteiger partial charge in [-0.1, -0.05) is 103 Å². The molecule has 0 atom stereocenters. The smallest absolute Gasteiger partial charge is 0.150 e. The highest BCUT2D eigenvalue weighted by Gasteiger charge is 2.05. The molecule has 0 aromatic rings. The van der Waals surface area contributed by atoms with Crippen molar-refractivity contribution in [3.05, 3.63) is 6.92 Å². The molecule has 0 aliphatic rings. The molecule has 0 spiro atoms. The zero-order chi connectivity index (χ0) is 17.2. The van der Waals surface area contributed by atoms with Gasteiger partial charge in [-0.05, 0) is 13.3 Å². The molecule has 0 N–H and O–H groups in total. The normalized spacial score (nSPS) is 11.9. The Morgan fingerprint density at radius 3 is 1.17 bits per heavy atom. The van der Waals surface area contributed by atoms with Gasteiger partial charge in [-0.3, -0.25) is 0 Å². The van der Waals surface area contributed by atoms with Crippen molar-refractivity contribution >= 4 is 9.84 Å². The summed E-state index contributed by atoms with van der Waals surface area (Å²) in [5.41, 5.74) is 0. The molecule has 0 aliphatic carbocycles. The first-order chi connectivity index (χ1) is 11.1. The molecular weight excluding hydrogens is 304 g/mol. The van der Waals surface area contributed by atoms with E-state index < -0.39 is 9.84 Å². The molecule has 0 bridgehead atoms. The number of hydrogen-bond acceptors (Lipinski definition) is 2. The predicted molar refractivity (Wildman–Crippen MR) is 104 cm³/mol. The van der Waals surface area contributed by atoms with Crippen LogP contribution in [-0.2, 0) is 9.84 Å². The van der Waals surface area contributed by atoms with Crippen LogP contribution in [0, 0.1) is 6.92 Å². The summed E-state index contributed by atoms with van der Waals surface area (Å²) in [5.74, 6) is 0.376. The topological polar surface area (TPSA) is 34.1 Å². The largest absolute Gasteiger partial charge is 0.229 e. The van der Waals surface area contributed by atoms with Crippen molar-refractivity contribution in [2.45, 2.75) is 110 Å². The molecule has 3 heteroatoms. The summed E-state index contributed by atoms with van der Waals surface area (Å²) < 4.78 is 22.6. The zero-order valence-corrected chi connectivity index (χ0v) is 16.5. The summed E-state index contributed by atoms with van der Waals surface area (Å²) in [6.07, 6.45) is 21.1. The van der Waals surface area contributed by atoms with Crippen molar-refractivity contribution < 1.29 is 8.42 Å². The van der Waals surface area contributed by atoms with Gasteiger partial charge in [0.25, 0.3) is 0 Å². The molecule has 0 rings (SSSR count). The quantitative estimate of drug-likeness (QED) is 0.266. The highest BCUT2D eigenvalue weighted by atomic mass is 32.2. The molecular formula is C20H41O2S. The Labute approximate surface area is 146 Å². The Balaban J connectivity index is 3.08. The van der Waals surface area contributed by atoms with Crippen LogP contribution >= 0.6 is 0 Å². The minimum Gasteiger partial charge on any atom is -0.229 e. The van der Waals surface area contributed by atoms with E-state index in [4.69, 9.17) is 0 Å². The number of hydrogen-bond donors (Lipinski definition) is 0. The van der Waals surface area contributed by atoms with Crippen molar-refractivity contribution in [1.82, 2.24) is 0 Å². The molecule has 2 nitrogen and oxygen atoms in total. The first-order valence-corrected chi connectivity index (χ1v) is 11.9. The van der Waals surface area contributed by atoms with Gasteiger partial charge in [0, 0.05) is 0 Å². The van der Waals surface area contributed by atoms with Crippen LogP contribution < -0.4 is 0 Å². The van der Waals surface area contributed by atoms with Crippen LogP contribution in [0.3, 0.4) is 0 Å². The number of rotatable bonds is 18. The molecule has 0 amide bonds. The first-order valence-electron chi connectivity index (χ1n) is 10.1. The van der Waals surface area contributed by atoms with Crippen LogP contribution in [0.5, 0.6) is 0 Å². The molecule has 0 aromatic carbocycles. The summed E-state index contributed by atoms with van der Waals surface area (Å²) in [5, 5.41) is 0. The van der Waals surface area contributed by atoms with Gasteiger partial charge < -0.3 is 0 Å². The second-order valence-corrected chi connectivity index (χ2v) is 9.26. The van der Waals surface area contributed by atoms with Crippen LogP contribution in [0.4, 0.5) is 0 Å². The average Bonchev–Trinajstić information content (AvgIpc) is 2.54. The SMILES string of the molecule is [CH2]CS(=O)(=O)CCCCCCCCCCCCCCCCCC. The van der Waals surface area contributed by atoms with E-state index in [1.807, 2.05) is 0 Å². The predicted octanol–water partition coefficient (Wildman–Crippen LogP) is 6.50. The van der Waals surface area contributed by atoms with Crippen molar-refractivity contribution in [3.8, 4) is 0 Å². The highest BCUT2D eigenvalue weighted by Crippen LogP contribution is 2.13. The van der Waals surface area contributed by atoms with E-state index in [0.29, 0.717) is 5.75 Å². The molecule has 0 unspecified atom stereocenters. The second kappa shape index (κ2) is 16.8. The third kappa shape index (κ3) is 18.1. The Hall–Kier alpha value is -0.0500. The fraction of sp³-hybridized carbons (Fsp3) is 0.950. The monoisotopic (exact) mass is 345 g/mol. The molecule has 0 saturated carbocycles. The van der Waals surface area contributed by atoms with Crippen molar-refractivity contribution in [3.63, 3.8) is 0 Å². The second-order valence-electron chi connectivity index (χ2n) is 6.96. The summed E-state index contributed by atoms with van der Waals surface area (Å²) in [6, 6.07) is 0. The van der Waals surface area contributed by atoms with Crippen molar-refractivity contribution in [1.29, 1.82) is 0 Å². The van der Waals surface area contributed by atoms with E-state index in [9.17, 15) is 8.42 Å². The van der Waals surface area contributed by atoms with E-state index in [2.05, 4.69) is 13.8 Å². The summed E-state index contributed by atoms with van der Waals surface area (Å²) >= 11 is 0. The fourth-order valence-corrected chi connectivity index (χ4v) is 3.82. The Morgan fingerprint density at radius 2 is 0.870 bits per heavy atom. The average molecular weight is 346 g/mol. The van der Waals surface area contributed by atoms with Gasteiger partial charge in [-0.2, -0.15) is 0 Å². The van der Waals surface area contributed by atoms with Crippen molar-refractivity contribution in [2.24, 2.45) is 0 Å². The lowest BCUT2D eigenvalue weighted by atomic mass is 10.0. The number of unbranched alkanes of at least 4 members (excludes halogenated alkanes) is 15. The standard InChI is InChI=1S/C20H41O2S/c1-3-5-6-7-8-9-10-11-12-13-14-15-16-17-18-19-20-23(21,22)4-2/h2-20H2,1H3. The molecule has 0 heterocycles. The van der Waals surface area contributed by atoms with Gasteiger partial charge in [-0.15, -0.1) is 0 Å². The molecule has 0 saturated heterocycles. The molecule has 1 radical (unpaired) electrons. The Bertz CT molecular complexity index is 323. The first kappa shape index (κ1) is 22.9. The third-order valence-corrected chi connectivity index (χ3v) is 6.15. The van der Waals surface area contributed by atoms with E-state index in [1.54, 1.807) is 0 Å². The Morgan fingerprint density at radius 1 is 0.565 bits per heavy atom. The molecule has 23 heavy (non-hydrogen) atoms. The molecule has 0 fully saturated rings. The maximum absolute atomic E-state index is 11.3. The van der Waals surface area contributed by atoms with E-state index in [1.165, 1.54) is 89.9 Å². The zero-order valence-electron chi connectivity index (χ0n) is 15.7. The van der Waals surface area contributed by atoms with Gasteiger partial charge in [0.1, 0.15) is 9.84 Å². The third-order valence-electron chi connectivity index (χ3n) is 4.62. The van der Waals surface area contributed by atoms with Crippen LogP contribution in [0.15, 0.2) is 0 Å². The Kier molecular flexibility index (Phi) is 16.8. The van der Waals surface area contributed by atoms with E-state index in [0.717, 1.165) is 12.8 Å². The summed E-state index contributed by atoms with van der Waals surface area (Å²) in [6.45, 7) is 5.73. The van der Waals surface area contributed by atoms with Gasteiger partial charge in [-0.25, -0.2) is 8.42 Å². The minimum atomic E-state index is -2.85. The minimum absolute atomic E-state index is 0.0474. The lowest BCUT2D eigenvalue weighted by molar-refractivity contribution is 0.531. The van der Waals surface area contributed by atoms with Crippen LogP contribution in [0.1, 0.15) is 110 Å². The summed E-state index contributed by atoms with van der Waals surface area (Å²) in [4.78, 5) is 0. The van der Waals surface area contributed by atoms with Gasteiger partial charge in [0.05, 0.1) is 11.5 Å². The highest BCUT2D eigenvalue weighted by molar-refractivity contribution is 7.91.